The van der Waals surface area contributed by atoms with Crippen molar-refractivity contribution in [3.05, 3.63) is 29.8 Å². The molecule has 1 atom stereocenters. The maximum Gasteiger partial charge on any atom is 0.272 e. The number of hydrogen-bond acceptors (Lipinski definition) is 2. The van der Waals surface area contributed by atoms with E-state index in [2.05, 4.69) is 22.1 Å². The van der Waals surface area contributed by atoms with Crippen LogP contribution in [0.15, 0.2) is 29.3 Å². The monoisotopic (exact) mass is 453 g/mol. The number of benzene rings is 1. The number of nitrogens with one attached hydrogen (secondary N) is 1. The highest BCUT2D eigenvalue weighted by molar-refractivity contribution is 14.0. The number of piperidine rings is 1. The maximum absolute atomic E-state index is 12.2. The van der Waals surface area contributed by atoms with Crippen molar-refractivity contribution in [2.24, 2.45) is 10.9 Å². The van der Waals surface area contributed by atoms with Crippen molar-refractivity contribution < 1.29 is 13.5 Å². The number of alkyl halides is 2. The lowest BCUT2D eigenvalue weighted by Crippen LogP contribution is -2.45. The van der Waals surface area contributed by atoms with Gasteiger partial charge in [-0.3, -0.25) is 4.99 Å². The van der Waals surface area contributed by atoms with Gasteiger partial charge in [-0.2, -0.15) is 0 Å². The van der Waals surface area contributed by atoms with E-state index in [4.69, 9.17) is 4.74 Å². The van der Waals surface area contributed by atoms with Crippen molar-refractivity contribution in [2.75, 3.05) is 26.7 Å². The van der Waals surface area contributed by atoms with Crippen LogP contribution in [0.25, 0.3) is 0 Å². The molecule has 4 nitrogen and oxygen atoms in total. The highest BCUT2D eigenvalue weighted by Gasteiger charge is 2.18. The molecule has 1 aromatic carbocycles. The molecule has 0 radical (unpaired) electrons. The van der Waals surface area contributed by atoms with Gasteiger partial charge in [0.2, 0.25) is 0 Å². The molecule has 1 heterocycles. The molecule has 0 spiro atoms. The second-order valence-electron chi connectivity index (χ2n) is 5.94. The van der Waals surface area contributed by atoms with Crippen LogP contribution in [0.3, 0.4) is 0 Å². The normalized spacial score (nSPS) is 18.3. The van der Waals surface area contributed by atoms with E-state index < -0.39 is 13.0 Å². The molecular formula is C17H26F2IN3O. The molecule has 2 rings (SSSR count). The van der Waals surface area contributed by atoms with Crippen LogP contribution in [0.5, 0.6) is 5.75 Å². The zero-order valence-corrected chi connectivity index (χ0v) is 16.5. The Morgan fingerprint density at radius 2 is 2.25 bits per heavy atom. The fourth-order valence-corrected chi connectivity index (χ4v) is 2.80. The van der Waals surface area contributed by atoms with Crippen molar-refractivity contribution in [2.45, 2.75) is 32.7 Å². The number of rotatable bonds is 5. The number of guanidine groups is 1. The summed E-state index contributed by atoms with van der Waals surface area (Å²) in [5.41, 5.74) is 0.975. The third-order valence-electron chi connectivity index (χ3n) is 3.89. The lowest BCUT2D eigenvalue weighted by atomic mass is 10.0. The molecule has 1 aliphatic rings. The third-order valence-corrected chi connectivity index (χ3v) is 3.89. The number of hydrogen-bond donors (Lipinski definition) is 1. The van der Waals surface area contributed by atoms with Crippen molar-refractivity contribution >= 4 is 29.9 Å². The Morgan fingerprint density at radius 1 is 1.46 bits per heavy atom. The molecule has 0 bridgehead atoms. The molecule has 7 heteroatoms. The van der Waals surface area contributed by atoms with E-state index in [1.165, 1.54) is 12.8 Å². The fraction of sp³-hybridized carbons (Fsp3) is 0.588. The Hall–Kier alpha value is -1.12. The van der Waals surface area contributed by atoms with E-state index in [-0.39, 0.29) is 24.0 Å². The molecule has 24 heavy (non-hydrogen) atoms. The van der Waals surface area contributed by atoms with Crippen LogP contribution in [-0.4, -0.2) is 44.0 Å². The molecule has 1 unspecified atom stereocenters. The predicted molar refractivity (Wildman–Crippen MR) is 104 cm³/mol. The minimum Gasteiger partial charge on any atom is -0.488 e. The standard InChI is InChI=1S/C17H25F2N3O.HI/c1-13-5-4-8-22(11-13)17(20-2)21-10-14-6-3-7-15(9-14)23-12-16(18)19;/h3,6-7,9,13,16H,4-5,8,10-12H2,1-2H3,(H,20,21);1H. The molecule has 1 fully saturated rings. The number of aliphatic imine (C=N–C) groups is 1. The molecule has 1 aliphatic heterocycles. The first-order chi connectivity index (χ1) is 11.1. The first-order valence-corrected chi connectivity index (χ1v) is 8.04. The van der Waals surface area contributed by atoms with Gasteiger partial charge in [0.05, 0.1) is 0 Å². The summed E-state index contributed by atoms with van der Waals surface area (Å²) >= 11 is 0. The van der Waals surface area contributed by atoms with Crippen LogP contribution in [0.4, 0.5) is 8.78 Å². The van der Waals surface area contributed by atoms with E-state index in [0.29, 0.717) is 18.2 Å². The van der Waals surface area contributed by atoms with Gasteiger partial charge in [-0.1, -0.05) is 19.1 Å². The fourth-order valence-electron chi connectivity index (χ4n) is 2.80. The summed E-state index contributed by atoms with van der Waals surface area (Å²) in [6.45, 7) is 4.29. The van der Waals surface area contributed by atoms with Crippen molar-refractivity contribution in [1.29, 1.82) is 0 Å². The van der Waals surface area contributed by atoms with Gasteiger partial charge in [-0.15, -0.1) is 24.0 Å². The first-order valence-electron chi connectivity index (χ1n) is 8.04. The average molecular weight is 453 g/mol. The predicted octanol–water partition coefficient (Wildman–Crippen LogP) is 3.76. The summed E-state index contributed by atoms with van der Waals surface area (Å²) in [6.07, 6.45) is -0.0211. The smallest absolute Gasteiger partial charge is 0.272 e. The van der Waals surface area contributed by atoms with Crippen molar-refractivity contribution in [3.63, 3.8) is 0 Å². The summed E-state index contributed by atoms with van der Waals surface area (Å²) in [5, 5.41) is 3.34. The largest absolute Gasteiger partial charge is 0.488 e. The Balaban J connectivity index is 0.00000288. The second-order valence-corrected chi connectivity index (χ2v) is 5.94. The maximum atomic E-state index is 12.2. The zero-order valence-electron chi connectivity index (χ0n) is 14.2. The van der Waals surface area contributed by atoms with Gasteiger partial charge >= 0.3 is 0 Å². The summed E-state index contributed by atoms with van der Waals surface area (Å²) in [5.74, 6) is 2.02. The zero-order chi connectivity index (χ0) is 16.7. The van der Waals surface area contributed by atoms with Gasteiger partial charge in [0.1, 0.15) is 12.4 Å². The molecule has 1 saturated heterocycles. The van der Waals surface area contributed by atoms with Gasteiger partial charge < -0.3 is 15.0 Å². The minimum absolute atomic E-state index is 0. The van der Waals surface area contributed by atoms with Crippen LogP contribution in [0.2, 0.25) is 0 Å². The summed E-state index contributed by atoms with van der Waals surface area (Å²) < 4.78 is 29.5. The van der Waals surface area contributed by atoms with Crippen LogP contribution < -0.4 is 10.1 Å². The van der Waals surface area contributed by atoms with E-state index in [1.54, 1.807) is 19.2 Å². The summed E-state index contributed by atoms with van der Waals surface area (Å²) in [6, 6.07) is 7.21. The SMILES string of the molecule is CN=C(NCc1cccc(OCC(F)F)c1)N1CCCC(C)C1.I. The van der Waals surface area contributed by atoms with Crippen LogP contribution >= 0.6 is 24.0 Å². The molecule has 1 N–H and O–H groups in total. The highest BCUT2D eigenvalue weighted by Crippen LogP contribution is 2.16. The second kappa shape index (κ2) is 10.7. The molecular weight excluding hydrogens is 427 g/mol. The molecule has 0 amide bonds. The summed E-state index contributed by atoms with van der Waals surface area (Å²) in [7, 11) is 1.78. The Kier molecular flexibility index (Phi) is 9.31. The molecule has 0 aromatic heterocycles. The van der Waals surface area contributed by atoms with Gasteiger partial charge in [-0.25, -0.2) is 8.78 Å². The lowest BCUT2D eigenvalue weighted by molar-refractivity contribution is 0.0818. The molecule has 136 valence electrons. The topological polar surface area (TPSA) is 36.9 Å². The number of halogens is 3. The summed E-state index contributed by atoms with van der Waals surface area (Å²) in [4.78, 5) is 6.61. The molecule has 0 saturated carbocycles. The van der Waals surface area contributed by atoms with Gasteiger partial charge in [0.15, 0.2) is 5.96 Å². The number of nitrogens with zero attached hydrogens (tertiary/aromatic N) is 2. The Labute approximate surface area is 159 Å². The molecule has 1 aromatic rings. The minimum atomic E-state index is -2.46. The highest BCUT2D eigenvalue weighted by atomic mass is 127. The van der Waals surface area contributed by atoms with Crippen molar-refractivity contribution in [3.8, 4) is 5.75 Å². The van der Waals surface area contributed by atoms with Crippen LogP contribution in [0.1, 0.15) is 25.3 Å². The van der Waals surface area contributed by atoms with Gasteiger partial charge in [-0.05, 0) is 36.5 Å². The van der Waals surface area contributed by atoms with Gasteiger partial charge in [0.25, 0.3) is 6.43 Å². The van der Waals surface area contributed by atoms with Crippen LogP contribution in [-0.2, 0) is 6.54 Å². The quantitative estimate of drug-likeness (QED) is 0.419. The number of likely N-dealkylation sites (tertiary alicyclic amines) is 1. The molecule has 0 aliphatic carbocycles. The van der Waals surface area contributed by atoms with E-state index in [9.17, 15) is 8.78 Å². The average Bonchev–Trinajstić information content (AvgIpc) is 2.54. The lowest BCUT2D eigenvalue weighted by Gasteiger charge is -2.33. The Morgan fingerprint density at radius 3 is 2.92 bits per heavy atom. The van der Waals surface area contributed by atoms with Crippen LogP contribution in [0, 0.1) is 5.92 Å². The van der Waals surface area contributed by atoms with Gasteiger partial charge in [0, 0.05) is 26.7 Å². The van der Waals surface area contributed by atoms with E-state index in [1.807, 2.05) is 12.1 Å². The van der Waals surface area contributed by atoms with E-state index >= 15 is 0 Å². The number of ether oxygens (including phenoxy) is 1. The van der Waals surface area contributed by atoms with E-state index in [0.717, 1.165) is 24.6 Å². The third kappa shape index (κ3) is 6.78. The van der Waals surface area contributed by atoms with Crippen molar-refractivity contribution in [1.82, 2.24) is 10.2 Å². The first kappa shape index (κ1) is 20.9. The Bertz CT molecular complexity index is 528.